The quantitative estimate of drug-likeness (QED) is 0.388. The minimum atomic E-state index is -0.552. The molecule has 2 aliphatic rings. The maximum absolute atomic E-state index is 13.5. The molecule has 3 heterocycles. The van der Waals surface area contributed by atoms with Crippen LogP contribution in [0.2, 0.25) is 0 Å². The Morgan fingerprint density at radius 3 is 2.77 bits per heavy atom. The molecule has 8 heteroatoms. The highest BCUT2D eigenvalue weighted by Crippen LogP contribution is 2.39. The zero-order valence-electron chi connectivity index (χ0n) is 23.6. The monoisotopic (exact) mass is 541 g/mol. The van der Waals surface area contributed by atoms with E-state index in [-0.39, 0.29) is 5.91 Å². The van der Waals surface area contributed by atoms with Crippen molar-refractivity contribution in [2.45, 2.75) is 51.0 Å². The van der Waals surface area contributed by atoms with Gasteiger partial charge in [-0.3, -0.25) is 9.69 Å². The number of likely N-dealkylation sites (tertiary alicyclic amines) is 1. The minimum absolute atomic E-state index is 0.175. The number of ether oxygens (including phenoxy) is 2. The van der Waals surface area contributed by atoms with Crippen molar-refractivity contribution in [2.75, 3.05) is 46.4 Å². The van der Waals surface area contributed by atoms with Crippen molar-refractivity contribution >= 4 is 5.91 Å². The molecule has 0 bridgehead atoms. The second-order valence-electron chi connectivity index (χ2n) is 10.9. The van der Waals surface area contributed by atoms with Crippen LogP contribution in [0.5, 0.6) is 11.5 Å². The first-order chi connectivity index (χ1) is 19.5. The van der Waals surface area contributed by atoms with Gasteiger partial charge in [0.15, 0.2) is 0 Å². The van der Waals surface area contributed by atoms with Crippen molar-refractivity contribution in [3.63, 3.8) is 0 Å². The fraction of sp³-hybridized carbons (Fsp3) is 0.469. The first-order valence-corrected chi connectivity index (χ1v) is 14.4. The number of carbonyl (C=O) groups excluding carboxylic acids is 1. The Morgan fingerprint density at radius 2 is 1.98 bits per heavy atom. The summed E-state index contributed by atoms with van der Waals surface area (Å²) < 4.78 is 14.0. The van der Waals surface area contributed by atoms with Crippen molar-refractivity contribution in [3.8, 4) is 17.6 Å². The van der Waals surface area contributed by atoms with Crippen LogP contribution in [-0.4, -0.2) is 71.7 Å². The molecule has 2 saturated heterocycles. The van der Waals surface area contributed by atoms with Crippen molar-refractivity contribution in [3.05, 3.63) is 77.4 Å². The highest BCUT2D eigenvalue weighted by Gasteiger charge is 2.41. The third-order valence-corrected chi connectivity index (χ3v) is 8.43. The molecule has 2 aliphatic heterocycles. The summed E-state index contributed by atoms with van der Waals surface area (Å²) in [4.78, 5) is 22.1. The van der Waals surface area contributed by atoms with Gasteiger partial charge >= 0.3 is 0 Å². The van der Waals surface area contributed by atoms with Crippen LogP contribution in [0.4, 0.5) is 0 Å². The maximum Gasteiger partial charge on any atom is 0.232 e. The molecule has 0 saturated carbocycles. The summed E-state index contributed by atoms with van der Waals surface area (Å²) in [6.45, 7) is 8.02. The molecule has 1 unspecified atom stereocenters. The Labute approximate surface area is 237 Å². The van der Waals surface area contributed by atoms with Crippen molar-refractivity contribution in [2.24, 2.45) is 0 Å². The first kappa shape index (κ1) is 27.9. The fourth-order valence-electron chi connectivity index (χ4n) is 5.97. The molecule has 1 atom stereocenters. The van der Waals surface area contributed by atoms with Crippen LogP contribution >= 0.6 is 0 Å². The molecular weight excluding hydrogens is 502 g/mol. The summed E-state index contributed by atoms with van der Waals surface area (Å²) in [5.74, 6) is 1.32. The Balaban J connectivity index is 1.34. The van der Waals surface area contributed by atoms with Crippen LogP contribution in [0.1, 0.15) is 55.0 Å². The third kappa shape index (κ3) is 6.06. The zero-order chi connectivity index (χ0) is 28.0. The van der Waals surface area contributed by atoms with E-state index in [0.29, 0.717) is 23.6 Å². The van der Waals surface area contributed by atoms with E-state index in [1.54, 1.807) is 0 Å². The van der Waals surface area contributed by atoms with Gasteiger partial charge in [0, 0.05) is 58.1 Å². The molecule has 2 fully saturated rings. The number of imidazole rings is 1. The fourth-order valence-corrected chi connectivity index (χ4v) is 5.97. The number of carbonyl (C=O) groups is 1. The lowest BCUT2D eigenvalue weighted by Gasteiger charge is -2.33. The molecular formula is C32H39N5O3. The highest BCUT2D eigenvalue weighted by atomic mass is 16.5. The van der Waals surface area contributed by atoms with Crippen molar-refractivity contribution < 1.29 is 14.3 Å². The summed E-state index contributed by atoms with van der Waals surface area (Å²) in [6, 6.07) is 15.9. The molecule has 5 rings (SSSR count). The largest absolute Gasteiger partial charge is 0.456 e. The summed E-state index contributed by atoms with van der Waals surface area (Å²) in [7, 11) is 1.90. The summed E-state index contributed by atoms with van der Waals surface area (Å²) in [6.07, 6.45) is 8.30. The standard InChI is InChI=1S/C32H39N5O3/c1-3-32(12-4-5-13-35(2)31(32)38)27-7-6-8-29(20-27)40-30-19-25(9-10-26(30)21-33)23-37-24-34-22-28(37)11-14-36-15-17-39-18-16-36/h6-10,19-20,22,24H,3-5,11-18,23H2,1-2H3. The Morgan fingerprint density at radius 1 is 1.12 bits per heavy atom. The number of likely N-dealkylation sites (N-methyl/N-ethyl adjacent to an activating group) is 1. The van der Waals surface area contributed by atoms with Crippen LogP contribution in [0.25, 0.3) is 0 Å². The van der Waals surface area contributed by atoms with Crippen molar-refractivity contribution in [1.29, 1.82) is 5.26 Å². The normalized spacial score (nSPS) is 20.2. The topological polar surface area (TPSA) is 83.6 Å². The van der Waals surface area contributed by atoms with Crippen LogP contribution in [-0.2, 0) is 27.9 Å². The Hall–Kier alpha value is -3.67. The zero-order valence-corrected chi connectivity index (χ0v) is 23.6. The average Bonchev–Trinajstić information content (AvgIpc) is 3.37. The molecule has 1 aromatic heterocycles. The summed E-state index contributed by atoms with van der Waals surface area (Å²) >= 11 is 0. The van der Waals surface area contributed by atoms with E-state index < -0.39 is 5.41 Å². The number of morpholine rings is 1. The predicted octanol–water partition coefficient (Wildman–Crippen LogP) is 4.76. The van der Waals surface area contributed by atoms with E-state index in [1.807, 2.05) is 66.9 Å². The lowest BCUT2D eigenvalue weighted by Crippen LogP contribution is -2.43. The number of nitrogens with zero attached hydrogens (tertiary/aromatic N) is 5. The van der Waals surface area contributed by atoms with Crippen LogP contribution in [0, 0.1) is 11.3 Å². The lowest BCUT2D eigenvalue weighted by atomic mass is 9.73. The van der Waals surface area contributed by atoms with Gasteiger partial charge < -0.3 is 18.9 Å². The van der Waals surface area contributed by atoms with Gasteiger partial charge in [0.1, 0.15) is 17.6 Å². The van der Waals surface area contributed by atoms with E-state index in [9.17, 15) is 10.1 Å². The number of hydrogen-bond donors (Lipinski definition) is 0. The van der Waals surface area contributed by atoms with Gasteiger partial charge in [0.05, 0.1) is 30.5 Å². The molecule has 3 aromatic rings. The van der Waals surface area contributed by atoms with E-state index in [0.717, 1.165) is 82.6 Å². The first-order valence-electron chi connectivity index (χ1n) is 14.4. The van der Waals surface area contributed by atoms with Gasteiger partial charge in [-0.1, -0.05) is 31.5 Å². The summed E-state index contributed by atoms with van der Waals surface area (Å²) in [5.41, 5.74) is 3.10. The lowest BCUT2D eigenvalue weighted by molar-refractivity contribution is -0.135. The van der Waals surface area contributed by atoms with Gasteiger partial charge in [0.2, 0.25) is 5.91 Å². The Kier molecular flexibility index (Phi) is 8.83. The van der Waals surface area contributed by atoms with Gasteiger partial charge in [-0.25, -0.2) is 4.98 Å². The molecule has 40 heavy (non-hydrogen) atoms. The molecule has 0 N–H and O–H groups in total. The molecule has 0 spiro atoms. The number of hydrogen-bond acceptors (Lipinski definition) is 6. The number of benzene rings is 2. The van der Waals surface area contributed by atoms with E-state index in [2.05, 4.69) is 27.4 Å². The second-order valence-corrected chi connectivity index (χ2v) is 10.9. The van der Waals surface area contributed by atoms with E-state index in [1.165, 1.54) is 5.69 Å². The van der Waals surface area contributed by atoms with Gasteiger partial charge in [0.25, 0.3) is 0 Å². The molecule has 2 aromatic carbocycles. The maximum atomic E-state index is 13.5. The van der Waals surface area contributed by atoms with Crippen LogP contribution < -0.4 is 4.74 Å². The number of nitriles is 1. The highest BCUT2D eigenvalue weighted by molar-refractivity contribution is 5.88. The second kappa shape index (κ2) is 12.7. The smallest absolute Gasteiger partial charge is 0.232 e. The number of amides is 1. The molecule has 8 nitrogen and oxygen atoms in total. The van der Waals surface area contributed by atoms with E-state index >= 15 is 0 Å². The SMILES string of the molecule is CCC1(c2cccc(Oc3cc(Cn4cncc4CCN4CCOCC4)ccc3C#N)c2)CCCCN(C)C1=O. The molecule has 0 radical (unpaired) electrons. The average molecular weight is 542 g/mol. The predicted molar refractivity (Wildman–Crippen MR) is 153 cm³/mol. The number of aromatic nitrogens is 2. The van der Waals surface area contributed by atoms with Crippen LogP contribution in [0.15, 0.2) is 55.0 Å². The molecule has 210 valence electrons. The minimum Gasteiger partial charge on any atom is -0.456 e. The number of rotatable bonds is 9. The van der Waals surface area contributed by atoms with Crippen molar-refractivity contribution in [1.82, 2.24) is 19.4 Å². The summed E-state index contributed by atoms with van der Waals surface area (Å²) in [5, 5.41) is 9.81. The van der Waals surface area contributed by atoms with Crippen LogP contribution in [0.3, 0.4) is 0 Å². The molecule has 1 amide bonds. The van der Waals surface area contributed by atoms with E-state index in [4.69, 9.17) is 9.47 Å². The Bertz CT molecular complexity index is 1360. The van der Waals surface area contributed by atoms with Gasteiger partial charge in [-0.15, -0.1) is 0 Å². The van der Waals surface area contributed by atoms with Gasteiger partial charge in [-0.2, -0.15) is 5.26 Å². The third-order valence-electron chi connectivity index (χ3n) is 8.43. The molecule has 0 aliphatic carbocycles. The van der Waals surface area contributed by atoms with Gasteiger partial charge in [-0.05, 0) is 54.7 Å².